The summed E-state index contributed by atoms with van der Waals surface area (Å²) in [5, 5.41) is 4.27. The fraction of sp³-hybridized carbons (Fsp3) is 0.333. The zero-order valence-electron chi connectivity index (χ0n) is 17.8. The number of carbonyl (C=O) groups excluding carboxylic acids is 1. The van der Waals surface area contributed by atoms with Gasteiger partial charge >= 0.3 is 0 Å². The van der Waals surface area contributed by atoms with Gasteiger partial charge in [-0.15, -0.1) is 0 Å². The molecule has 2 heterocycles. The van der Waals surface area contributed by atoms with Gasteiger partial charge in [-0.05, 0) is 35.2 Å². The Bertz CT molecular complexity index is 1010. The zero-order valence-corrected chi connectivity index (χ0v) is 17.8. The Labute approximate surface area is 177 Å². The maximum Gasteiger partial charge on any atom is 0.240 e. The first kappa shape index (κ1) is 20.2. The first-order valence-corrected chi connectivity index (χ1v) is 10.2. The van der Waals surface area contributed by atoms with Crippen LogP contribution < -0.4 is 4.74 Å². The molecule has 6 nitrogen and oxygen atoms in total. The average molecular weight is 405 g/mol. The molecule has 0 N–H and O–H groups in total. The van der Waals surface area contributed by atoms with Crippen LogP contribution in [0.25, 0.3) is 11.1 Å². The van der Waals surface area contributed by atoms with Crippen molar-refractivity contribution in [1.29, 1.82) is 0 Å². The molecule has 1 saturated heterocycles. The van der Waals surface area contributed by atoms with E-state index in [0.29, 0.717) is 6.42 Å². The lowest BCUT2D eigenvalue weighted by Crippen LogP contribution is -2.56. The molecule has 1 aliphatic rings. The Morgan fingerprint density at radius 2 is 1.83 bits per heavy atom. The van der Waals surface area contributed by atoms with Gasteiger partial charge in [0.2, 0.25) is 5.91 Å². The first-order valence-electron chi connectivity index (χ1n) is 10.2. The van der Waals surface area contributed by atoms with Crippen LogP contribution in [0, 0.1) is 0 Å². The number of rotatable bonds is 6. The second kappa shape index (κ2) is 8.71. The summed E-state index contributed by atoms with van der Waals surface area (Å²) < 4.78 is 7.07. The third kappa shape index (κ3) is 4.39. The number of aryl methyl sites for hydroxylation is 1. The highest BCUT2D eigenvalue weighted by molar-refractivity contribution is 5.83. The predicted molar refractivity (Wildman–Crippen MR) is 117 cm³/mol. The molecule has 0 unspecified atom stereocenters. The molecule has 0 bridgehead atoms. The number of methoxy groups -OCH3 is 1. The molecule has 0 spiro atoms. The van der Waals surface area contributed by atoms with Crippen molar-refractivity contribution in [3.05, 3.63) is 72.1 Å². The highest BCUT2D eigenvalue weighted by atomic mass is 16.5. The van der Waals surface area contributed by atoms with Crippen molar-refractivity contribution < 1.29 is 9.53 Å². The number of aromatic nitrogens is 2. The maximum absolute atomic E-state index is 13.0. The summed E-state index contributed by atoms with van der Waals surface area (Å²) in [6.45, 7) is 2.34. The standard InChI is InChI=1S/C24H28N4O2/c1-26-11-12-28(17-19-15-25-27(2)16-19)23(24(26)29)14-18-5-4-6-21(13-18)20-7-9-22(30-3)10-8-20/h4-10,13,15-16,23H,11-12,14,17H2,1-3H3/t23-/m0/s1. The number of piperazine rings is 1. The lowest BCUT2D eigenvalue weighted by Gasteiger charge is -2.39. The van der Waals surface area contributed by atoms with Gasteiger partial charge in [0.05, 0.1) is 19.3 Å². The van der Waals surface area contributed by atoms with Gasteiger partial charge in [-0.2, -0.15) is 5.10 Å². The highest BCUT2D eigenvalue weighted by Gasteiger charge is 2.33. The topological polar surface area (TPSA) is 50.6 Å². The van der Waals surface area contributed by atoms with Crippen molar-refractivity contribution in [2.75, 3.05) is 27.2 Å². The molecular formula is C24H28N4O2. The highest BCUT2D eigenvalue weighted by Crippen LogP contribution is 2.25. The van der Waals surface area contributed by atoms with E-state index in [-0.39, 0.29) is 11.9 Å². The number of amides is 1. The molecular weight excluding hydrogens is 376 g/mol. The third-order valence-electron chi connectivity index (χ3n) is 5.75. The fourth-order valence-corrected chi connectivity index (χ4v) is 4.03. The van der Waals surface area contributed by atoms with Gasteiger partial charge in [-0.3, -0.25) is 14.4 Å². The summed E-state index contributed by atoms with van der Waals surface area (Å²) in [6.07, 6.45) is 4.59. The molecule has 30 heavy (non-hydrogen) atoms. The SMILES string of the molecule is COc1ccc(-c2cccc(C[C@H]3C(=O)N(C)CCN3Cc3cnn(C)c3)c2)cc1. The van der Waals surface area contributed by atoms with E-state index in [9.17, 15) is 4.79 Å². The van der Waals surface area contributed by atoms with Crippen LogP contribution in [-0.2, 0) is 24.8 Å². The van der Waals surface area contributed by atoms with E-state index in [1.807, 2.05) is 43.5 Å². The molecule has 1 fully saturated rings. The van der Waals surface area contributed by atoms with Crippen LogP contribution in [-0.4, -0.2) is 58.8 Å². The molecule has 3 aromatic rings. The van der Waals surface area contributed by atoms with Crippen molar-refractivity contribution >= 4 is 5.91 Å². The number of benzene rings is 2. The van der Waals surface area contributed by atoms with Crippen LogP contribution >= 0.6 is 0 Å². The van der Waals surface area contributed by atoms with E-state index >= 15 is 0 Å². The van der Waals surface area contributed by atoms with E-state index in [1.54, 1.807) is 11.8 Å². The van der Waals surface area contributed by atoms with Crippen LogP contribution in [0.4, 0.5) is 0 Å². The normalized spacial score (nSPS) is 17.4. The maximum atomic E-state index is 13.0. The van der Waals surface area contributed by atoms with Gasteiger partial charge in [0.15, 0.2) is 0 Å². The lowest BCUT2D eigenvalue weighted by molar-refractivity contribution is -0.140. The van der Waals surface area contributed by atoms with Crippen LogP contribution in [0.3, 0.4) is 0 Å². The zero-order chi connectivity index (χ0) is 21.1. The van der Waals surface area contributed by atoms with E-state index in [1.165, 1.54) is 0 Å². The Kier molecular flexibility index (Phi) is 5.86. The molecule has 2 aromatic carbocycles. The van der Waals surface area contributed by atoms with Crippen LogP contribution in [0.2, 0.25) is 0 Å². The van der Waals surface area contributed by atoms with Crippen LogP contribution in [0.15, 0.2) is 60.9 Å². The second-order valence-corrected chi connectivity index (χ2v) is 7.90. The number of carbonyl (C=O) groups is 1. The monoisotopic (exact) mass is 404 g/mol. The Morgan fingerprint density at radius 3 is 2.53 bits per heavy atom. The lowest BCUT2D eigenvalue weighted by atomic mass is 9.97. The molecule has 0 saturated carbocycles. The molecule has 1 amide bonds. The van der Waals surface area contributed by atoms with Crippen molar-refractivity contribution in [3.8, 4) is 16.9 Å². The van der Waals surface area contributed by atoms with Crippen molar-refractivity contribution in [2.45, 2.75) is 19.0 Å². The van der Waals surface area contributed by atoms with E-state index in [4.69, 9.17) is 4.74 Å². The minimum atomic E-state index is -0.171. The number of ether oxygens (including phenoxy) is 1. The van der Waals surface area contributed by atoms with Crippen molar-refractivity contribution in [3.63, 3.8) is 0 Å². The molecule has 156 valence electrons. The van der Waals surface area contributed by atoms with Gasteiger partial charge in [0.1, 0.15) is 5.75 Å². The van der Waals surface area contributed by atoms with Crippen LogP contribution in [0.5, 0.6) is 5.75 Å². The van der Waals surface area contributed by atoms with Gasteiger partial charge in [-0.1, -0.05) is 36.4 Å². The summed E-state index contributed by atoms with van der Waals surface area (Å²) in [4.78, 5) is 17.1. The second-order valence-electron chi connectivity index (χ2n) is 7.90. The van der Waals surface area contributed by atoms with Gasteiger partial charge in [0, 0.05) is 45.5 Å². The smallest absolute Gasteiger partial charge is 0.240 e. The first-order chi connectivity index (χ1) is 14.5. The molecule has 6 heteroatoms. The Balaban J connectivity index is 1.55. The summed E-state index contributed by atoms with van der Waals surface area (Å²) >= 11 is 0. The number of nitrogens with zero attached hydrogens (tertiary/aromatic N) is 4. The summed E-state index contributed by atoms with van der Waals surface area (Å²) in [5.74, 6) is 1.02. The average Bonchev–Trinajstić information content (AvgIpc) is 3.18. The van der Waals surface area contributed by atoms with E-state index in [0.717, 1.165) is 47.6 Å². The largest absolute Gasteiger partial charge is 0.497 e. The number of likely N-dealkylation sites (N-methyl/N-ethyl adjacent to an activating group) is 1. The minimum Gasteiger partial charge on any atom is -0.497 e. The summed E-state index contributed by atoms with van der Waals surface area (Å²) in [7, 11) is 5.48. The van der Waals surface area contributed by atoms with E-state index < -0.39 is 0 Å². The van der Waals surface area contributed by atoms with Crippen molar-refractivity contribution in [1.82, 2.24) is 19.6 Å². The van der Waals surface area contributed by atoms with Gasteiger partial charge in [0.25, 0.3) is 0 Å². The number of hydrogen-bond donors (Lipinski definition) is 0. The fourth-order valence-electron chi connectivity index (χ4n) is 4.03. The van der Waals surface area contributed by atoms with E-state index in [2.05, 4.69) is 46.4 Å². The quantitative estimate of drug-likeness (QED) is 0.634. The summed E-state index contributed by atoms with van der Waals surface area (Å²) in [5.41, 5.74) is 4.57. The molecule has 1 aliphatic heterocycles. The molecule has 4 rings (SSSR count). The molecule has 0 aliphatic carbocycles. The van der Waals surface area contributed by atoms with Gasteiger partial charge in [-0.25, -0.2) is 0 Å². The van der Waals surface area contributed by atoms with Crippen molar-refractivity contribution in [2.24, 2.45) is 7.05 Å². The summed E-state index contributed by atoms with van der Waals surface area (Å²) in [6, 6.07) is 16.4. The minimum absolute atomic E-state index is 0.171. The predicted octanol–water partition coefficient (Wildman–Crippen LogP) is 2.98. The van der Waals surface area contributed by atoms with Gasteiger partial charge < -0.3 is 9.64 Å². The molecule has 1 aromatic heterocycles. The molecule has 0 radical (unpaired) electrons. The Hall–Kier alpha value is -3.12. The Morgan fingerprint density at radius 1 is 1.03 bits per heavy atom. The molecule has 1 atom stereocenters. The van der Waals surface area contributed by atoms with Crippen LogP contribution in [0.1, 0.15) is 11.1 Å². The third-order valence-corrected chi connectivity index (χ3v) is 5.75. The number of hydrogen-bond acceptors (Lipinski definition) is 4.